The van der Waals surface area contributed by atoms with Gasteiger partial charge in [-0.25, -0.2) is 9.37 Å². The Morgan fingerprint density at radius 1 is 1.62 bits per heavy atom. The molecule has 2 aromatic rings. The van der Waals surface area contributed by atoms with Gasteiger partial charge in [0.15, 0.2) is 5.16 Å². The van der Waals surface area contributed by atoms with Crippen LogP contribution in [0, 0.1) is 5.82 Å². The lowest BCUT2D eigenvalue weighted by atomic mass is 10.2. The maximum Gasteiger partial charge on any atom is 0.313 e. The van der Waals surface area contributed by atoms with E-state index in [0.717, 1.165) is 35.2 Å². The van der Waals surface area contributed by atoms with Crippen LogP contribution in [0.4, 0.5) is 4.39 Å². The fourth-order valence-electron chi connectivity index (χ4n) is 2.37. The Morgan fingerprint density at radius 2 is 2.43 bits per heavy atom. The lowest BCUT2D eigenvalue weighted by Gasteiger charge is -2.15. The second kappa shape index (κ2) is 6.06. The molecule has 1 aromatic carbocycles. The van der Waals surface area contributed by atoms with Crippen molar-refractivity contribution in [1.82, 2.24) is 9.55 Å². The van der Waals surface area contributed by atoms with Gasteiger partial charge in [-0.05, 0) is 18.2 Å². The molecule has 3 rings (SSSR count). The third-order valence-corrected chi connectivity index (χ3v) is 5.67. The molecule has 1 aliphatic rings. The normalized spacial score (nSPS) is 18.5. The number of hydrogen-bond donors (Lipinski definition) is 1. The summed E-state index contributed by atoms with van der Waals surface area (Å²) >= 11 is 8.89. The minimum Gasteiger partial charge on any atom is -0.481 e. The lowest BCUT2D eigenvalue weighted by Crippen LogP contribution is -2.10. The zero-order valence-electron chi connectivity index (χ0n) is 10.9. The number of halogens is 2. The number of fused-ring (bicyclic) bond motifs is 1. The minimum atomic E-state index is -0.899. The van der Waals surface area contributed by atoms with E-state index in [4.69, 9.17) is 16.7 Å². The summed E-state index contributed by atoms with van der Waals surface area (Å²) in [6.07, 6.45) is 0.992. The van der Waals surface area contributed by atoms with Crippen LogP contribution in [-0.2, 0) is 4.79 Å². The summed E-state index contributed by atoms with van der Waals surface area (Å²) in [4.78, 5) is 15.2. The topological polar surface area (TPSA) is 55.1 Å². The van der Waals surface area contributed by atoms with Crippen molar-refractivity contribution in [2.75, 3.05) is 17.3 Å². The number of aromatic nitrogens is 2. The Hall–Kier alpha value is -0.920. The Balaban J connectivity index is 2.10. The standard InChI is InChI=1S/C13H12ClFN2O2S2/c14-8-3-11-10(4-9(8)15)16-13(21-6-12(18)19)17(11)7-1-2-20-5-7/h3-4,7H,1-2,5-6H2,(H,18,19). The first-order valence-electron chi connectivity index (χ1n) is 6.35. The van der Waals surface area contributed by atoms with Crippen molar-refractivity contribution in [2.45, 2.75) is 17.6 Å². The maximum atomic E-state index is 13.6. The highest BCUT2D eigenvalue weighted by Gasteiger charge is 2.24. The Morgan fingerprint density at radius 3 is 3.10 bits per heavy atom. The molecule has 0 amide bonds. The number of aliphatic carboxylic acids is 1. The molecule has 0 spiro atoms. The van der Waals surface area contributed by atoms with E-state index in [1.165, 1.54) is 6.07 Å². The summed E-state index contributed by atoms with van der Waals surface area (Å²) in [6.45, 7) is 0. The number of rotatable bonds is 4. The van der Waals surface area contributed by atoms with E-state index >= 15 is 0 Å². The summed E-state index contributed by atoms with van der Waals surface area (Å²) in [7, 11) is 0. The molecule has 21 heavy (non-hydrogen) atoms. The summed E-state index contributed by atoms with van der Waals surface area (Å²) < 4.78 is 15.6. The Labute approximate surface area is 134 Å². The second-order valence-electron chi connectivity index (χ2n) is 4.72. The van der Waals surface area contributed by atoms with Gasteiger partial charge in [0.05, 0.1) is 21.8 Å². The first-order valence-corrected chi connectivity index (χ1v) is 8.87. The summed E-state index contributed by atoms with van der Waals surface area (Å²) in [5.74, 6) is 0.524. The highest BCUT2D eigenvalue weighted by molar-refractivity contribution is 8.00. The van der Waals surface area contributed by atoms with Crippen LogP contribution < -0.4 is 0 Å². The average Bonchev–Trinajstić information content (AvgIpc) is 3.04. The molecule has 2 heterocycles. The van der Waals surface area contributed by atoms with Crippen molar-refractivity contribution in [3.8, 4) is 0 Å². The van der Waals surface area contributed by atoms with Crippen molar-refractivity contribution in [3.05, 3.63) is 23.0 Å². The number of thioether (sulfide) groups is 2. The first kappa shape index (κ1) is 15.0. The van der Waals surface area contributed by atoms with Crippen LogP contribution in [0.15, 0.2) is 17.3 Å². The van der Waals surface area contributed by atoms with Crippen LogP contribution in [0.5, 0.6) is 0 Å². The fourth-order valence-corrected chi connectivity index (χ4v) is 4.53. The molecule has 1 saturated heterocycles. The number of carbonyl (C=O) groups is 1. The van der Waals surface area contributed by atoms with Crippen molar-refractivity contribution in [1.29, 1.82) is 0 Å². The van der Waals surface area contributed by atoms with Gasteiger partial charge < -0.3 is 9.67 Å². The van der Waals surface area contributed by atoms with Gasteiger partial charge in [-0.3, -0.25) is 4.79 Å². The van der Waals surface area contributed by atoms with E-state index in [0.29, 0.717) is 10.7 Å². The van der Waals surface area contributed by atoms with E-state index in [2.05, 4.69) is 4.98 Å². The third kappa shape index (κ3) is 3.00. The van der Waals surface area contributed by atoms with Crippen molar-refractivity contribution >= 4 is 52.1 Å². The van der Waals surface area contributed by atoms with Crippen LogP contribution >= 0.6 is 35.1 Å². The molecule has 0 saturated carbocycles. The molecule has 0 bridgehead atoms. The lowest BCUT2D eigenvalue weighted by molar-refractivity contribution is -0.133. The smallest absolute Gasteiger partial charge is 0.313 e. The quantitative estimate of drug-likeness (QED) is 0.856. The number of benzene rings is 1. The van der Waals surface area contributed by atoms with Crippen LogP contribution in [0.2, 0.25) is 5.02 Å². The van der Waals surface area contributed by atoms with Gasteiger partial charge in [0.1, 0.15) is 5.82 Å². The van der Waals surface area contributed by atoms with Gasteiger partial charge in [-0.1, -0.05) is 23.4 Å². The van der Waals surface area contributed by atoms with E-state index < -0.39 is 11.8 Å². The van der Waals surface area contributed by atoms with Gasteiger partial charge in [-0.2, -0.15) is 11.8 Å². The maximum absolute atomic E-state index is 13.6. The van der Waals surface area contributed by atoms with E-state index in [1.807, 2.05) is 16.3 Å². The first-order chi connectivity index (χ1) is 10.1. The third-order valence-electron chi connectivity index (χ3n) is 3.29. The fraction of sp³-hybridized carbons (Fsp3) is 0.385. The van der Waals surface area contributed by atoms with Crippen LogP contribution in [0.1, 0.15) is 12.5 Å². The summed E-state index contributed by atoms with van der Waals surface area (Å²) in [6, 6.07) is 3.13. The van der Waals surface area contributed by atoms with E-state index in [-0.39, 0.29) is 16.8 Å². The van der Waals surface area contributed by atoms with Gasteiger partial charge in [-0.15, -0.1) is 0 Å². The molecule has 0 radical (unpaired) electrons. The molecular weight excluding hydrogens is 335 g/mol. The SMILES string of the molecule is O=C(O)CSc1nc2cc(F)c(Cl)cc2n1C1CCSC1. The molecule has 1 aromatic heterocycles. The van der Waals surface area contributed by atoms with Crippen molar-refractivity contribution < 1.29 is 14.3 Å². The number of carboxylic acids is 1. The number of hydrogen-bond acceptors (Lipinski definition) is 4. The highest BCUT2D eigenvalue weighted by atomic mass is 35.5. The van der Waals surface area contributed by atoms with Crippen LogP contribution in [0.25, 0.3) is 11.0 Å². The summed E-state index contributed by atoms with van der Waals surface area (Å²) in [5.41, 5.74) is 1.28. The monoisotopic (exact) mass is 346 g/mol. The predicted octanol–water partition coefficient (Wildman–Crippen LogP) is 3.68. The van der Waals surface area contributed by atoms with Gasteiger partial charge in [0.25, 0.3) is 0 Å². The number of nitrogens with zero attached hydrogens (tertiary/aromatic N) is 2. The molecule has 8 heteroatoms. The van der Waals surface area contributed by atoms with Crippen molar-refractivity contribution in [3.63, 3.8) is 0 Å². The van der Waals surface area contributed by atoms with Gasteiger partial charge >= 0.3 is 5.97 Å². The molecule has 1 unspecified atom stereocenters. The molecule has 0 aliphatic carbocycles. The number of imidazole rings is 1. The van der Waals surface area contributed by atoms with E-state index in [1.54, 1.807) is 6.07 Å². The highest BCUT2D eigenvalue weighted by Crippen LogP contribution is 2.36. The van der Waals surface area contributed by atoms with Crippen molar-refractivity contribution in [2.24, 2.45) is 0 Å². The van der Waals surface area contributed by atoms with Crippen LogP contribution in [0.3, 0.4) is 0 Å². The largest absolute Gasteiger partial charge is 0.481 e. The minimum absolute atomic E-state index is 0.0593. The molecule has 4 nitrogen and oxygen atoms in total. The second-order valence-corrected chi connectivity index (χ2v) is 7.22. The van der Waals surface area contributed by atoms with Gasteiger partial charge in [0.2, 0.25) is 0 Å². The molecular formula is C13H12ClFN2O2S2. The molecule has 1 fully saturated rings. The molecule has 1 aliphatic heterocycles. The molecule has 1 N–H and O–H groups in total. The van der Waals surface area contributed by atoms with Gasteiger partial charge in [0, 0.05) is 17.9 Å². The number of carboxylic acid groups (broad SMARTS) is 1. The molecule has 112 valence electrons. The predicted molar refractivity (Wildman–Crippen MR) is 84.0 cm³/mol. The zero-order valence-corrected chi connectivity index (χ0v) is 13.3. The average molecular weight is 347 g/mol. The summed E-state index contributed by atoms with van der Waals surface area (Å²) in [5, 5.41) is 9.52. The van der Waals surface area contributed by atoms with Crippen LogP contribution in [-0.4, -0.2) is 37.9 Å². The Kier molecular flexibility index (Phi) is 4.33. The molecule has 1 atom stereocenters. The van der Waals surface area contributed by atoms with E-state index in [9.17, 15) is 9.18 Å². The Bertz CT molecular complexity index is 701. The zero-order chi connectivity index (χ0) is 15.0.